The highest BCUT2D eigenvalue weighted by Crippen LogP contribution is 2.32. The normalized spacial score (nSPS) is 10.5. The molecule has 0 saturated carbocycles. The maximum Gasteiger partial charge on any atom is 0.223 e. The number of hydrogen-bond acceptors (Lipinski definition) is 2. The predicted molar refractivity (Wildman–Crippen MR) is 102 cm³/mol. The van der Waals surface area contributed by atoms with Crippen molar-refractivity contribution in [1.29, 1.82) is 0 Å². The molecule has 0 saturated heterocycles. The summed E-state index contributed by atoms with van der Waals surface area (Å²) in [6, 6.07) is 11.4. The van der Waals surface area contributed by atoms with Crippen molar-refractivity contribution in [2.75, 3.05) is 18.0 Å². The number of benzene rings is 2. The first-order chi connectivity index (χ1) is 12.4. The lowest BCUT2D eigenvalue weighted by atomic mass is 10.1. The summed E-state index contributed by atoms with van der Waals surface area (Å²) in [5.41, 5.74) is 1.01. The zero-order valence-corrected chi connectivity index (χ0v) is 15.8. The van der Waals surface area contributed by atoms with Crippen molar-refractivity contribution in [3.8, 4) is 0 Å². The van der Waals surface area contributed by atoms with Gasteiger partial charge in [-0.1, -0.05) is 47.5 Å². The minimum Gasteiger partial charge on any atom is -0.356 e. The van der Waals surface area contributed by atoms with E-state index in [1.807, 2.05) is 0 Å². The Bertz CT molecular complexity index is 799. The third kappa shape index (κ3) is 5.44. The van der Waals surface area contributed by atoms with Crippen LogP contribution in [0.3, 0.4) is 0 Å². The topological polar surface area (TPSA) is 49.4 Å². The van der Waals surface area contributed by atoms with Crippen molar-refractivity contribution in [2.45, 2.75) is 19.8 Å². The highest BCUT2D eigenvalue weighted by molar-refractivity contribution is 6.44. The molecule has 0 atom stereocenters. The molecule has 2 aromatic carbocycles. The summed E-state index contributed by atoms with van der Waals surface area (Å²) in [4.78, 5) is 25.3. The van der Waals surface area contributed by atoms with Gasteiger partial charge in [-0.25, -0.2) is 4.39 Å². The molecule has 26 heavy (non-hydrogen) atoms. The Morgan fingerprint density at radius 3 is 2.54 bits per heavy atom. The van der Waals surface area contributed by atoms with Gasteiger partial charge in [0.1, 0.15) is 5.82 Å². The van der Waals surface area contributed by atoms with E-state index < -0.39 is 0 Å². The van der Waals surface area contributed by atoms with Crippen LogP contribution in [0.2, 0.25) is 10.0 Å². The number of anilines is 1. The number of nitrogens with one attached hydrogen (secondary N) is 1. The minimum atomic E-state index is -0.292. The van der Waals surface area contributed by atoms with E-state index in [0.29, 0.717) is 29.2 Å². The van der Waals surface area contributed by atoms with E-state index in [1.54, 1.807) is 36.4 Å². The molecule has 0 aliphatic rings. The first-order valence-electron chi connectivity index (χ1n) is 8.12. The average Bonchev–Trinajstić information content (AvgIpc) is 2.60. The maximum atomic E-state index is 13.5. The summed E-state index contributed by atoms with van der Waals surface area (Å²) in [6.45, 7) is 1.88. The summed E-state index contributed by atoms with van der Waals surface area (Å²) < 4.78 is 13.5. The van der Waals surface area contributed by atoms with Crippen LogP contribution in [0, 0.1) is 5.82 Å². The van der Waals surface area contributed by atoms with Gasteiger partial charge in [-0.15, -0.1) is 0 Å². The number of nitrogens with zero attached hydrogens (tertiary/aromatic N) is 1. The molecule has 0 fully saturated rings. The van der Waals surface area contributed by atoms with Crippen molar-refractivity contribution in [2.24, 2.45) is 0 Å². The highest BCUT2D eigenvalue weighted by atomic mass is 35.5. The average molecular weight is 397 g/mol. The Kier molecular flexibility index (Phi) is 7.42. The SMILES string of the molecule is CC(=O)N(CCC(=O)NCCc1ccccc1F)c1cccc(Cl)c1Cl. The van der Waals surface area contributed by atoms with Crippen LogP contribution >= 0.6 is 23.2 Å². The Morgan fingerprint density at radius 1 is 1.12 bits per heavy atom. The molecule has 138 valence electrons. The van der Waals surface area contributed by atoms with Crippen molar-refractivity contribution < 1.29 is 14.0 Å². The second-order valence-electron chi connectivity index (χ2n) is 5.68. The zero-order chi connectivity index (χ0) is 19.1. The van der Waals surface area contributed by atoms with Crippen LogP contribution < -0.4 is 10.2 Å². The van der Waals surface area contributed by atoms with Crippen LogP contribution in [-0.4, -0.2) is 24.9 Å². The van der Waals surface area contributed by atoms with Gasteiger partial charge in [0.05, 0.1) is 15.7 Å². The first-order valence-corrected chi connectivity index (χ1v) is 8.88. The molecule has 0 aliphatic carbocycles. The Hall–Kier alpha value is -2.11. The van der Waals surface area contributed by atoms with Gasteiger partial charge in [0.25, 0.3) is 0 Å². The Balaban J connectivity index is 1.89. The van der Waals surface area contributed by atoms with Gasteiger partial charge in [0.2, 0.25) is 11.8 Å². The van der Waals surface area contributed by atoms with E-state index in [1.165, 1.54) is 17.9 Å². The van der Waals surface area contributed by atoms with Crippen molar-refractivity contribution in [1.82, 2.24) is 5.32 Å². The second kappa shape index (κ2) is 9.55. The van der Waals surface area contributed by atoms with E-state index in [2.05, 4.69) is 5.32 Å². The lowest BCUT2D eigenvalue weighted by Crippen LogP contribution is -2.34. The first kappa shape index (κ1) is 20.2. The van der Waals surface area contributed by atoms with Gasteiger partial charge < -0.3 is 10.2 Å². The van der Waals surface area contributed by atoms with E-state index in [-0.39, 0.29) is 35.6 Å². The predicted octanol–water partition coefficient (Wildman–Crippen LogP) is 4.23. The number of halogens is 3. The van der Waals surface area contributed by atoms with Gasteiger partial charge >= 0.3 is 0 Å². The monoisotopic (exact) mass is 396 g/mol. The lowest BCUT2D eigenvalue weighted by molar-refractivity contribution is -0.121. The van der Waals surface area contributed by atoms with Crippen molar-refractivity contribution in [3.05, 3.63) is 63.9 Å². The Labute approximate surface area is 161 Å². The fourth-order valence-electron chi connectivity index (χ4n) is 2.49. The Morgan fingerprint density at radius 2 is 1.85 bits per heavy atom. The number of carbonyl (C=O) groups is 2. The molecule has 2 rings (SSSR count). The van der Waals surface area contributed by atoms with E-state index in [9.17, 15) is 14.0 Å². The molecule has 0 heterocycles. The molecule has 0 unspecified atom stereocenters. The highest BCUT2D eigenvalue weighted by Gasteiger charge is 2.17. The van der Waals surface area contributed by atoms with Crippen LogP contribution in [-0.2, 0) is 16.0 Å². The van der Waals surface area contributed by atoms with Crippen LogP contribution in [0.15, 0.2) is 42.5 Å². The molecular formula is C19H19Cl2FN2O2. The van der Waals surface area contributed by atoms with Gasteiger partial charge in [0.15, 0.2) is 0 Å². The number of hydrogen-bond donors (Lipinski definition) is 1. The summed E-state index contributed by atoms with van der Waals surface area (Å²) in [5, 5.41) is 3.33. The molecule has 0 aliphatic heterocycles. The minimum absolute atomic E-state index is 0.0969. The molecular weight excluding hydrogens is 378 g/mol. The number of amides is 2. The molecule has 2 aromatic rings. The van der Waals surface area contributed by atoms with Crippen molar-refractivity contribution >= 4 is 40.7 Å². The van der Waals surface area contributed by atoms with Gasteiger partial charge in [-0.2, -0.15) is 0 Å². The standard InChI is InChI=1S/C19H19Cl2FN2O2/c1-13(25)24(17-8-4-6-15(20)19(17)21)12-10-18(26)23-11-9-14-5-2-3-7-16(14)22/h2-8H,9-12H2,1H3,(H,23,26). The van der Waals surface area contributed by atoms with E-state index >= 15 is 0 Å². The summed E-state index contributed by atoms with van der Waals surface area (Å²) in [7, 11) is 0. The smallest absolute Gasteiger partial charge is 0.223 e. The largest absolute Gasteiger partial charge is 0.356 e. The van der Waals surface area contributed by atoms with E-state index in [0.717, 1.165) is 0 Å². The summed E-state index contributed by atoms with van der Waals surface area (Å²) in [5.74, 6) is -0.765. The van der Waals surface area contributed by atoms with Crippen LogP contribution in [0.4, 0.5) is 10.1 Å². The fraction of sp³-hybridized carbons (Fsp3) is 0.263. The van der Waals surface area contributed by atoms with Gasteiger partial charge in [-0.3, -0.25) is 9.59 Å². The van der Waals surface area contributed by atoms with Crippen LogP contribution in [0.1, 0.15) is 18.9 Å². The molecule has 0 spiro atoms. The van der Waals surface area contributed by atoms with Crippen molar-refractivity contribution in [3.63, 3.8) is 0 Å². The van der Waals surface area contributed by atoms with Crippen LogP contribution in [0.5, 0.6) is 0 Å². The van der Waals surface area contributed by atoms with E-state index in [4.69, 9.17) is 23.2 Å². The molecule has 0 bridgehead atoms. The molecule has 2 amide bonds. The second-order valence-corrected chi connectivity index (χ2v) is 6.47. The third-order valence-corrected chi connectivity index (χ3v) is 4.65. The number of rotatable bonds is 7. The molecule has 0 aromatic heterocycles. The van der Waals surface area contributed by atoms with Gasteiger partial charge in [0, 0.05) is 26.4 Å². The lowest BCUT2D eigenvalue weighted by Gasteiger charge is -2.22. The molecule has 4 nitrogen and oxygen atoms in total. The summed E-state index contributed by atoms with van der Waals surface area (Å²) in [6.07, 6.45) is 0.495. The van der Waals surface area contributed by atoms with Gasteiger partial charge in [-0.05, 0) is 30.2 Å². The molecule has 1 N–H and O–H groups in total. The van der Waals surface area contributed by atoms with Crippen LogP contribution in [0.25, 0.3) is 0 Å². The third-order valence-electron chi connectivity index (χ3n) is 3.84. The maximum absolute atomic E-state index is 13.5. The molecule has 7 heteroatoms. The quantitative estimate of drug-likeness (QED) is 0.760. The summed E-state index contributed by atoms with van der Waals surface area (Å²) >= 11 is 12.1. The fourth-order valence-corrected chi connectivity index (χ4v) is 2.89. The number of carbonyl (C=O) groups excluding carboxylic acids is 2. The molecule has 0 radical (unpaired) electrons. The zero-order valence-electron chi connectivity index (χ0n) is 14.3.